The van der Waals surface area contributed by atoms with E-state index in [1.165, 1.54) is 5.56 Å². The van der Waals surface area contributed by atoms with Crippen molar-refractivity contribution in [2.45, 2.75) is 20.4 Å². The van der Waals surface area contributed by atoms with Crippen molar-refractivity contribution in [3.63, 3.8) is 0 Å². The van der Waals surface area contributed by atoms with E-state index in [2.05, 4.69) is 35.0 Å². The number of hydrogen-bond acceptors (Lipinski definition) is 3. The second kappa shape index (κ2) is 7.27. The fourth-order valence-corrected chi connectivity index (χ4v) is 2.67. The van der Waals surface area contributed by atoms with E-state index in [9.17, 15) is 4.79 Å². The Balaban J connectivity index is 2.01. The first-order valence-corrected chi connectivity index (χ1v) is 7.66. The quantitative estimate of drug-likeness (QED) is 0.868. The summed E-state index contributed by atoms with van der Waals surface area (Å²) < 4.78 is 0. The Morgan fingerprint density at radius 1 is 1.29 bits per heavy atom. The van der Waals surface area contributed by atoms with Crippen molar-refractivity contribution in [1.82, 2.24) is 15.1 Å². The fraction of sp³-hybridized carbons (Fsp3) is 0.471. The molecule has 0 saturated carbocycles. The number of hydrogen-bond donors (Lipinski definition) is 1. The molecule has 0 radical (unpaired) electrons. The summed E-state index contributed by atoms with van der Waals surface area (Å²) in [6, 6.07) is 8.12. The SMILES string of the molecule is CCN(CC)CCNC(=O)C1=CN(C)Cc2ccccc21. The zero-order valence-corrected chi connectivity index (χ0v) is 13.2. The van der Waals surface area contributed by atoms with Crippen LogP contribution in [-0.4, -0.2) is 48.9 Å². The Labute approximate surface area is 127 Å². The first-order valence-electron chi connectivity index (χ1n) is 7.66. The molecule has 1 aromatic rings. The molecule has 4 nitrogen and oxygen atoms in total. The number of fused-ring (bicyclic) bond motifs is 1. The molecule has 114 valence electrons. The van der Waals surface area contributed by atoms with Gasteiger partial charge in [-0.2, -0.15) is 0 Å². The molecule has 0 spiro atoms. The molecule has 1 aliphatic heterocycles. The first-order chi connectivity index (χ1) is 10.2. The normalized spacial score (nSPS) is 13.9. The number of rotatable bonds is 6. The zero-order valence-electron chi connectivity index (χ0n) is 13.2. The van der Waals surface area contributed by atoms with Crippen LogP contribution in [0.2, 0.25) is 0 Å². The summed E-state index contributed by atoms with van der Waals surface area (Å²) in [5, 5.41) is 3.04. The lowest BCUT2D eigenvalue weighted by Crippen LogP contribution is -2.36. The summed E-state index contributed by atoms with van der Waals surface area (Å²) in [5.74, 6) is 0.0150. The van der Waals surface area contributed by atoms with Gasteiger partial charge in [-0.1, -0.05) is 38.1 Å². The van der Waals surface area contributed by atoms with Crippen LogP contribution < -0.4 is 5.32 Å². The monoisotopic (exact) mass is 287 g/mol. The molecular weight excluding hydrogens is 262 g/mol. The highest BCUT2D eigenvalue weighted by Crippen LogP contribution is 2.25. The van der Waals surface area contributed by atoms with Crippen LogP contribution in [-0.2, 0) is 11.3 Å². The number of benzene rings is 1. The van der Waals surface area contributed by atoms with Crippen molar-refractivity contribution in [3.05, 3.63) is 41.6 Å². The fourth-order valence-electron chi connectivity index (χ4n) is 2.67. The maximum atomic E-state index is 12.4. The van der Waals surface area contributed by atoms with E-state index in [0.717, 1.165) is 37.3 Å². The standard InChI is InChI=1S/C17H25N3O/c1-4-20(5-2)11-10-18-17(21)16-13-19(3)12-14-8-6-7-9-15(14)16/h6-9,13H,4-5,10-12H2,1-3H3,(H,18,21). The Kier molecular flexibility index (Phi) is 5.39. The van der Waals surface area contributed by atoms with E-state index in [1.54, 1.807) is 0 Å². The van der Waals surface area contributed by atoms with Crippen LogP contribution in [0, 0.1) is 0 Å². The van der Waals surface area contributed by atoms with Gasteiger partial charge in [0.1, 0.15) is 0 Å². The van der Waals surface area contributed by atoms with Gasteiger partial charge in [0, 0.05) is 32.9 Å². The predicted octanol–water partition coefficient (Wildman–Crippen LogP) is 1.93. The van der Waals surface area contributed by atoms with E-state index >= 15 is 0 Å². The topological polar surface area (TPSA) is 35.6 Å². The number of nitrogens with one attached hydrogen (secondary N) is 1. The smallest absolute Gasteiger partial charge is 0.253 e. The zero-order chi connectivity index (χ0) is 15.2. The third-order valence-corrected chi connectivity index (χ3v) is 3.93. The van der Waals surface area contributed by atoms with Crippen molar-refractivity contribution in [2.24, 2.45) is 0 Å². The molecule has 0 aromatic heterocycles. The third kappa shape index (κ3) is 3.85. The lowest BCUT2D eigenvalue weighted by molar-refractivity contribution is -0.115. The number of carbonyl (C=O) groups excluding carboxylic acids is 1. The second-order valence-electron chi connectivity index (χ2n) is 5.40. The molecule has 0 aliphatic carbocycles. The van der Waals surface area contributed by atoms with Crippen LogP contribution in [0.1, 0.15) is 25.0 Å². The number of amides is 1. The Morgan fingerprint density at radius 3 is 2.71 bits per heavy atom. The van der Waals surface area contributed by atoms with Crippen LogP contribution in [0.5, 0.6) is 0 Å². The molecule has 1 heterocycles. The molecule has 4 heteroatoms. The molecular formula is C17H25N3O. The van der Waals surface area contributed by atoms with Crippen LogP contribution in [0.4, 0.5) is 0 Å². The molecule has 0 atom stereocenters. The van der Waals surface area contributed by atoms with Gasteiger partial charge in [0.25, 0.3) is 5.91 Å². The van der Waals surface area contributed by atoms with Gasteiger partial charge in [0.05, 0.1) is 5.57 Å². The molecule has 0 fully saturated rings. The molecule has 1 aliphatic rings. The van der Waals surface area contributed by atoms with Crippen LogP contribution in [0.3, 0.4) is 0 Å². The van der Waals surface area contributed by atoms with Crippen LogP contribution >= 0.6 is 0 Å². The summed E-state index contributed by atoms with van der Waals surface area (Å²) in [6.07, 6.45) is 1.94. The Bertz CT molecular complexity index is 521. The van der Waals surface area contributed by atoms with Crippen molar-refractivity contribution in [3.8, 4) is 0 Å². The van der Waals surface area contributed by atoms with E-state index in [1.807, 2.05) is 31.4 Å². The molecule has 21 heavy (non-hydrogen) atoms. The minimum Gasteiger partial charge on any atom is -0.375 e. The average Bonchev–Trinajstić information content (AvgIpc) is 2.50. The van der Waals surface area contributed by atoms with E-state index in [-0.39, 0.29) is 5.91 Å². The minimum atomic E-state index is 0.0150. The van der Waals surface area contributed by atoms with Gasteiger partial charge < -0.3 is 15.1 Å². The molecule has 1 amide bonds. The predicted molar refractivity (Wildman–Crippen MR) is 86.7 cm³/mol. The molecule has 1 N–H and O–H groups in total. The van der Waals surface area contributed by atoms with Crippen molar-refractivity contribution < 1.29 is 4.79 Å². The molecule has 0 unspecified atom stereocenters. The first kappa shape index (κ1) is 15.6. The highest BCUT2D eigenvalue weighted by Gasteiger charge is 2.20. The maximum Gasteiger partial charge on any atom is 0.253 e. The molecule has 0 saturated heterocycles. The number of carbonyl (C=O) groups is 1. The summed E-state index contributed by atoms with van der Waals surface area (Å²) >= 11 is 0. The average molecular weight is 287 g/mol. The highest BCUT2D eigenvalue weighted by atomic mass is 16.1. The van der Waals surface area contributed by atoms with E-state index < -0.39 is 0 Å². The summed E-state index contributed by atoms with van der Waals surface area (Å²) in [5.41, 5.74) is 3.02. The van der Waals surface area contributed by atoms with Gasteiger partial charge >= 0.3 is 0 Å². The van der Waals surface area contributed by atoms with Crippen molar-refractivity contribution in [2.75, 3.05) is 33.2 Å². The Morgan fingerprint density at radius 2 is 2.00 bits per heavy atom. The van der Waals surface area contributed by atoms with Crippen LogP contribution in [0.25, 0.3) is 5.57 Å². The third-order valence-electron chi connectivity index (χ3n) is 3.93. The van der Waals surface area contributed by atoms with Gasteiger partial charge in [-0.25, -0.2) is 0 Å². The number of nitrogens with zero attached hydrogens (tertiary/aromatic N) is 2. The van der Waals surface area contributed by atoms with Gasteiger partial charge in [-0.05, 0) is 24.2 Å². The lowest BCUT2D eigenvalue weighted by atomic mass is 9.96. The summed E-state index contributed by atoms with van der Waals surface area (Å²) in [4.78, 5) is 16.8. The summed E-state index contributed by atoms with van der Waals surface area (Å²) in [7, 11) is 2.00. The van der Waals surface area contributed by atoms with Crippen molar-refractivity contribution in [1.29, 1.82) is 0 Å². The molecule has 1 aromatic carbocycles. The van der Waals surface area contributed by atoms with Gasteiger partial charge in [0.2, 0.25) is 0 Å². The molecule has 2 rings (SSSR count). The Hall–Kier alpha value is -1.81. The van der Waals surface area contributed by atoms with Gasteiger partial charge in [-0.15, -0.1) is 0 Å². The number of likely N-dealkylation sites (N-methyl/N-ethyl adjacent to an activating group) is 1. The van der Waals surface area contributed by atoms with Crippen molar-refractivity contribution >= 4 is 11.5 Å². The lowest BCUT2D eigenvalue weighted by Gasteiger charge is -2.25. The van der Waals surface area contributed by atoms with Crippen LogP contribution in [0.15, 0.2) is 30.5 Å². The second-order valence-corrected chi connectivity index (χ2v) is 5.40. The highest BCUT2D eigenvalue weighted by molar-refractivity contribution is 6.20. The molecule has 0 bridgehead atoms. The minimum absolute atomic E-state index is 0.0150. The van der Waals surface area contributed by atoms with E-state index in [0.29, 0.717) is 6.54 Å². The van der Waals surface area contributed by atoms with Gasteiger partial charge in [0.15, 0.2) is 0 Å². The van der Waals surface area contributed by atoms with E-state index in [4.69, 9.17) is 0 Å². The summed E-state index contributed by atoms with van der Waals surface area (Å²) in [6.45, 7) is 8.74. The van der Waals surface area contributed by atoms with Gasteiger partial charge in [-0.3, -0.25) is 4.79 Å². The maximum absolute atomic E-state index is 12.4. The largest absolute Gasteiger partial charge is 0.375 e.